The van der Waals surface area contributed by atoms with E-state index >= 15 is 0 Å². The molecule has 20 nitrogen and oxygen atoms in total. The van der Waals surface area contributed by atoms with E-state index in [0.29, 0.717) is 57.0 Å². The van der Waals surface area contributed by atoms with Crippen LogP contribution in [-0.2, 0) is 46.3 Å². The number of oxime groups is 1. The van der Waals surface area contributed by atoms with Crippen LogP contribution in [0.1, 0.15) is 93.2 Å². The third-order valence-electron chi connectivity index (χ3n) is 13.7. The first-order chi connectivity index (χ1) is 31.2. The molecule has 0 spiro atoms. The average molecular weight is 932 g/mol. The van der Waals surface area contributed by atoms with E-state index < -0.39 is 88.3 Å². The number of Topliss-reactive ketones (excluding diaryl/α,β-unsaturated/α-hetero) is 1. The van der Waals surface area contributed by atoms with E-state index in [1.165, 1.54) is 33.1 Å². The number of nitrogens with zero attached hydrogens (tertiary/aromatic N) is 6. The number of nitro benzene ring substituents is 1. The Morgan fingerprint density at radius 1 is 1.11 bits per heavy atom. The monoisotopic (exact) mass is 932 g/mol. The van der Waals surface area contributed by atoms with Gasteiger partial charge >= 0.3 is 5.97 Å². The normalized spacial score (nSPS) is 35.7. The Hall–Kier alpha value is -4.15. The van der Waals surface area contributed by atoms with Crippen LogP contribution in [0.2, 0.25) is 0 Å². The highest BCUT2D eigenvalue weighted by atomic mass is 16.7. The van der Waals surface area contributed by atoms with Crippen molar-refractivity contribution in [2.75, 3.05) is 40.4 Å². The predicted octanol–water partition coefficient (Wildman–Crippen LogP) is 3.47. The molecule has 1 aromatic heterocycles. The van der Waals surface area contributed by atoms with E-state index in [1.807, 2.05) is 32.0 Å². The molecule has 3 fully saturated rings. The Morgan fingerprint density at radius 2 is 1.82 bits per heavy atom. The molecule has 66 heavy (non-hydrogen) atoms. The number of non-ortho nitro benzene ring substituents is 1. The molecule has 0 amide bonds. The van der Waals surface area contributed by atoms with Gasteiger partial charge in [-0.1, -0.05) is 38.1 Å². The van der Waals surface area contributed by atoms with E-state index in [2.05, 4.69) is 20.8 Å². The summed E-state index contributed by atoms with van der Waals surface area (Å²) in [7, 11) is 3.42. The highest BCUT2D eigenvalue weighted by Gasteiger charge is 2.52. The molecule has 5 rings (SSSR count). The van der Waals surface area contributed by atoms with Crippen LogP contribution in [0.4, 0.5) is 5.69 Å². The van der Waals surface area contributed by atoms with Crippen molar-refractivity contribution in [2.24, 2.45) is 28.8 Å². The summed E-state index contributed by atoms with van der Waals surface area (Å²) in [5, 5.41) is 63.1. The summed E-state index contributed by atoms with van der Waals surface area (Å²) in [6, 6.07) is 5.51. The molecule has 1 aromatic carbocycles. The second-order valence-electron chi connectivity index (χ2n) is 18.9. The summed E-state index contributed by atoms with van der Waals surface area (Å²) in [5.41, 5.74) is -1.99. The number of esters is 1. The molecule has 3 aliphatic heterocycles. The van der Waals surface area contributed by atoms with Crippen molar-refractivity contribution in [3.05, 3.63) is 46.3 Å². The predicted molar refractivity (Wildman–Crippen MR) is 241 cm³/mol. The van der Waals surface area contributed by atoms with E-state index in [-0.39, 0.29) is 30.7 Å². The lowest BCUT2D eigenvalue weighted by Crippen LogP contribution is -2.60. The van der Waals surface area contributed by atoms with Gasteiger partial charge in [-0.15, -0.1) is 5.10 Å². The van der Waals surface area contributed by atoms with Gasteiger partial charge in [0.15, 0.2) is 12.1 Å². The average Bonchev–Trinajstić information content (AvgIpc) is 4.00. The second-order valence-corrected chi connectivity index (χ2v) is 18.9. The lowest BCUT2D eigenvalue weighted by Gasteiger charge is -2.47. The zero-order valence-corrected chi connectivity index (χ0v) is 40.2. The molecule has 20 heteroatoms. The zero-order chi connectivity index (χ0) is 48.5. The number of nitrogens with one attached hydrogen (secondary N) is 1. The molecule has 14 atom stereocenters. The standard InChI is InChI=1S/C46H73N7O13/c1-11-37-46(8,58)41(56)29(4)38(49-66-35-17-19-47-25-35)27(2)24-45(7,61-10)42(30(5)39(54)31(6)43(57)64-37)65-44-40(55)36(23-28(3)63-44)51(9)21-18-32-26-52(50-48-32)20-12-22-62-34-15-13-33(14-16-34)53(59)60/h13-16,26-31,35-37,40-42,44,47,55-56,58H,11-12,17-25H2,1-10H3/b49-38+/t27-,28-,29+,30+,31-,35-,36+,37-,40-,41-,42-,44+,45-,46-/m1/s1. The summed E-state index contributed by atoms with van der Waals surface area (Å²) in [6.45, 7) is 16.4. The van der Waals surface area contributed by atoms with Crippen LogP contribution in [0.25, 0.3) is 0 Å². The number of aryl methyl sites for hydroxylation is 1. The Morgan fingerprint density at radius 3 is 2.45 bits per heavy atom. The lowest BCUT2D eigenvalue weighted by atomic mass is 9.74. The van der Waals surface area contributed by atoms with E-state index in [4.69, 9.17) is 28.5 Å². The van der Waals surface area contributed by atoms with Crippen LogP contribution in [0.15, 0.2) is 35.6 Å². The van der Waals surface area contributed by atoms with Crippen molar-refractivity contribution in [1.29, 1.82) is 0 Å². The quantitative estimate of drug-likeness (QED) is 0.0618. The molecule has 4 heterocycles. The number of hydrogen-bond acceptors (Lipinski definition) is 18. The van der Waals surface area contributed by atoms with Crippen molar-refractivity contribution < 1.29 is 58.4 Å². The highest BCUT2D eigenvalue weighted by molar-refractivity contribution is 6.00. The van der Waals surface area contributed by atoms with Crippen LogP contribution in [0, 0.1) is 33.8 Å². The molecule has 3 saturated heterocycles. The molecular formula is C46H73N7O13. The van der Waals surface area contributed by atoms with E-state index in [9.17, 15) is 35.0 Å². The van der Waals surface area contributed by atoms with Gasteiger partial charge in [0, 0.05) is 88.1 Å². The lowest BCUT2D eigenvalue weighted by molar-refractivity contribution is -0.384. The number of rotatable bonds is 16. The maximum absolute atomic E-state index is 14.4. The van der Waals surface area contributed by atoms with Gasteiger partial charge in [-0.25, -0.2) is 0 Å². The van der Waals surface area contributed by atoms with Crippen molar-refractivity contribution in [2.45, 2.75) is 161 Å². The molecule has 2 aromatic rings. The number of aliphatic hydroxyl groups is 3. The van der Waals surface area contributed by atoms with Crippen molar-refractivity contribution in [3.8, 4) is 5.75 Å². The van der Waals surface area contributed by atoms with Crippen LogP contribution < -0.4 is 10.1 Å². The van der Waals surface area contributed by atoms with Gasteiger partial charge in [0.2, 0.25) is 0 Å². The summed E-state index contributed by atoms with van der Waals surface area (Å²) >= 11 is 0. The van der Waals surface area contributed by atoms with Gasteiger partial charge in [-0.2, -0.15) is 0 Å². The number of methoxy groups -OCH3 is 1. The van der Waals surface area contributed by atoms with Gasteiger partial charge in [0.05, 0.1) is 46.8 Å². The van der Waals surface area contributed by atoms with Gasteiger partial charge in [0.1, 0.15) is 35.6 Å². The fraction of sp³-hybridized carbons (Fsp3) is 0.761. The number of cyclic esters (lactones) is 1. The van der Waals surface area contributed by atoms with E-state index in [0.717, 1.165) is 18.7 Å². The minimum atomic E-state index is -1.92. The summed E-state index contributed by atoms with van der Waals surface area (Å²) in [4.78, 5) is 46.6. The molecule has 0 bridgehead atoms. The first-order valence-electron chi connectivity index (χ1n) is 23.3. The second kappa shape index (κ2) is 23.2. The van der Waals surface area contributed by atoms with Gasteiger partial charge in [0.25, 0.3) is 5.69 Å². The number of hydrogen-bond donors (Lipinski definition) is 4. The number of nitro groups is 1. The summed E-state index contributed by atoms with van der Waals surface area (Å²) in [6.07, 6.45) is -1.98. The van der Waals surface area contributed by atoms with Crippen LogP contribution in [0.5, 0.6) is 5.75 Å². The smallest absolute Gasteiger partial charge is 0.316 e. The number of aliphatic hydroxyl groups excluding tert-OH is 2. The first kappa shape index (κ1) is 52.8. The Bertz CT molecular complexity index is 1930. The van der Waals surface area contributed by atoms with Crippen molar-refractivity contribution >= 4 is 23.2 Å². The van der Waals surface area contributed by atoms with Gasteiger partial charge < -0.3 is 54.1 Å². The maximum Gasteiger partial charge on any atom is 0.316 e. The third kappa shape index (κ3) is 12.9. The number of ketones is 1. The van der Waals surface area contributed by atoms with Crippen molar-refractivity contribution in [1.82, 2.24) is 25.2 Å². The highest BCUT2D eigenvalue weighted by Crippen LogP contribution is 2.39. The number of carbonyl (C=O) groups excluding carboxylic acids is 2. The fourth-order valence-electron chi connectivity index (χ4n) is 9.49. The Balaban J connectivity index is 1.32. The van der Waals surface area contributed by atoms with Crippen LogP contribution >= 0.6 is 0 Å². The molecule has 0 radical (unpaired) electrons. The maximum atomic E-state index is 14.4. The number of carbonyl (C=O) groups is 2. The molecule has 0 aliphatic carbocycles. The molecule has 370 valence electrons. The Kier molecular flexibility index (Phi) is 18.6. The molecule has 0 saturated carbocycles. The Labute approximate surface area is 387 Å². The summed E-state index contributed by atoms with van der Waals surface area (Å²) < 4.78 is 32.7. The van der Waals surface area contributed by atoms with Crippen LogP contribution in [-0.4, -0.2) is 158 Å². The largest absolute Gasteiger partial charge is 0.494 e. The topological polar surface area (TPSA) is 252 Å². The van der Waals surface area contributed by atoms with E-state index in [1.54, 1.807) is 44.5 Å². The van der Waals surface area contributed by atoms with Crippen LogP contribution in [0.3, 0.4) is 0 Å². The fourth-order valence-corrected chi connectivity index (χ4v) is 9.49. The number of ether oxygens (including phenoxy) is 5. The number of aromatic nitrogens is 3. The third-order valence-corrected chi connectivity index (χ3v) is 13.7. The minimum absolute atomic E-state index is 0.00270. The number of benzene rings is 1. The van der Waals surface area contributed by atoms with Gasteiger partial charge in [-0.05, 0) is 72.7 Å². The SMILES string of the molecule is CC[C@H]1OC(=O)[C@H](C)C(=O)[C@H](C)[C@@H](O[C@@H]2O[C@H](C)C[C@H](N(C)CCc3cn(CCCOc4ccc([N+](=O)[O-])cc4)nn3)[C@H]2O)[C@](C)(OC)C[C@@H](C)/C(=N\O[C@@H]2CCNC2)[C@H](C)[C@@H](O)[C@]1(C)O. The molecule has 0 unspecified atom stereocenters. The molecule has 3 aliphatic rings. The van der Waals surface area contributed by atoms with Gasteiger partial charge in [-0.3, -0.25) is 24.4 Å². The number of likely N-dealkylation sites (N-methyl/N-ethyl adjacent to an activating group) is 1. The van der Waals surface area contributed by atoms with Crippen molar-refractivity contribution in [3.63, 3.8) is 0 Å². The zero-order valence-electron chi connectivity index (χ0n) is 40.2. The molecule has 4 N–H and O–H groups in total. The first-order valence-corrected chi connectivity index (χ1v) is 23.3. The minimum Gasteiger partial charge on any atom is -0.494 e. The molecular weight excluding hydrogens is 859 g/mol. The summed E-state index contributed by atoms with van der Waals surface area (Å²) in [5.74, 6) is -4.32.